The summed E-state index contributed by atoms with van der Waals surface area (Å²) >= 11 is 0. The van der Waals surface area contributed by atoms with Crippen LogP contribution in [0.5, 0.6) is 0 Å². The van der Waals surface area contributed by atoms with Crippen LogP contribution in [0, 0.1) is 17.7 Å². The maximum absolute atomic E-state index is 13.7. The SMILES string of the molecule is CC[C@H](C)CN1CCC([C@@]2(Cc3ccc(F)cc3)NC(=O)N(CCCN(C)C)C2=O)CC1. The summed E-state index contributed by atoms with van der Waals surface area (Å²) in [5.74, 6) is 0.301. The number of carbonyl (C=O) groups is 2. The third kappa shape index (κ3) is 5.67. The van der Waals surface area contributed by atoms with E-state index in [1.165, 1.54) is 17.0 Å². The summed E-state index contributed by atoms with van der Waals surface area (Å²) < 4.78 is 13.5. The molecule has 2 saturated heterocycles. The van der Waals surface area contributed by atoms with Gasteiger partial charge in [0.2, 0.25) is 0 Å². The van der Waals surface area contributed by atoms with Gasteiger partial charge in [0.25, 0.3) is 5.91 Å². The summed E-state index contributed by atoms with van der Waals surface area (Å²) in [4.78, 5) is 32.6. The highest BCUT2D eigenvalue weighted by atomic mass is 19.1. The van der Waals surface area contributed by atoms with Crippen molar-refractivity contribution < 1.29 is 14.0 Å². The summed E-state index contributed by atoms with van der Waals surface area (Å²) in [5, 5.41) is 3.12. The smallest absolute Gasteiger partial charge is 0.322 e. The lowest BCUT2D eigenvalue weighted by Gasteiger charge is -2.41. The number of amides is 3. The van der Waals surface area contributed by atoms with Crippen molar-refractivity contribution in [3.8, 4) is 0 Å². The number of likely N-dealkylation sites (tertiary alicyclic amines) is 1. The first-order chi connectivity index (χ1) is 15.2. The Labute approximate surface area is 192 Å². The Bertz CT molecular complexity index is 777. The van der Waals surface area contributed by atoms with Gasteiger partial charge in [-0.05, 0) is 82.5 Å². The zero-order valence-corrected chi connectivity index (χ0v) is 20.1. The second kappa shape index (κ2) is 10.8. The molecule has 2 heterocycles. The van der Waals surface area contributed by atoms with Crippen molar-refractivity contribution in [2.75, 3.05) is 46.8 Å². The summed E-state index contributed by atoms with van der Waals surface area (Å²) in [6.45, 7) is 8.66. The van der Waals surface area contributed by atoms with Crippen molar-refractivity contribution in [1.29, 1.82) is 0 Å². The van der Waals surface area contributed by atoms with Crippen LogP contribution in [0.2, 0.25) is 0 Å². The molecule has 0 unspecified atom stereocenters. The average Bonchev–Trinajstić information content (AvgIpc) is 3.00. The molecule has 7 heteroatoms. The van der Waals surface area contributed by atoms with Gasteiger partial charge in [0.05, 0.1) is 0 Å². The number of hydrogen-bond donors (Lipinski definition) is 1. The van der Waals surface area contributed by atoms with Crippen molar-refractivity contribution in [1.82, 2.24) is 20.0 Å². The average molecular weight is 447 g/mol. The van der Waals surface area contributed by atoms with Crippen LogP contribution in [0.25, 0.3) is 0 Å². The van der Waals surface area contributed by atoms with Crippen molar-refractivity contribution in [3.63, 3.8) is 0 Å². The van der Waals surface area contributed by atoms with E-state index in [1.807, 2.05) is 14.1 Å². The molecule has 1 aromatic rings. The minimum atomic E-state index is -0.949. The fourth-order valence-electron chi connectivity index (χ4n) is 5.04. The molecule has 0 saturated carbocycles. The van der Waals surface area contributed by atoms with Gasteiger partial charge in [0, 0.05) is 19.5 Å². The predicted molar refractivity (Wildman–Crippen MR) is 125 cm³/mol. The molecule has 1 N–H and O–H groups in total. The number of piperidine rings is 1. The number of carbonyl (C=O) groups excluding carboxylic acids is 2. The molecule has 0 radical (unpaired) electrons. The Hall–Kier alpha value is -1.99. The first-order valence-electron chi connectivity index (χ1n) is 12.0. The Kier molecular flexibility index (Phi) is 8.28. The number of nitrogens with zero attached hydrogens (tertiary/aromatic N) is 3. The maximum Gasteiger partial charge on any atom is 0.325 e. The van der Waals surface area contributed by atoms with E-state index in [-0.39, 0.29) is 23.7 Å². The predicted octanol–water partition coefficient (Wildman–Crippen LogP) is 3.37. The van der Waals surface area contributed by atoms with E-state index in [4.69, 9.17) is 0 Å². The normalized spacial score (nSPS) is 23.8. The number of urea groups is 1. The van der Waals surface area contributed by atoms with E-state index in [0.717, 1.165) is 57.4 Å². The van der Waals surface area contributed by atoms with Crippen LogP contribution in [-0.2, 0) is 11.2 Å². The van der Waals surface area contributed by atoms with Crippen molar-refractivity contribution >= 4 is 11.9 Å². The van der Waals surface area contributed by atoms with Crippen LogP contribution in [0.4, 0.5) is 9.18 Å². The standard InChI is InChI=1S/C25H39FN4O2/c1-5-19(2)18-29-15-11-21(12-16-29)25(17-20-7-9-22(26)10-8-20)23(31)30(24(32)27-25)14-6-13-28(3)4/h7-10,19,21H,5-6,11-18H2,1-4H3,(H,27,32)/t19-,25+/m0/s1. The summed E-state index contributed by atoms with van der Waals surface area (Å²) in [6.07, 6.45) is 4.04. The number of hydrogen-bond acceptors (Lipinski definition) is 4. The third-order valence-electron chi connectivity index (χ3n) is 7.14. The van der Waals surface area contributed by atoms with Crippen LogP contribution in [0.3, 0.4) is 0 Å². The van der Waals surface area contributed by atoms with E-state index in [2.05, 4.69) is 29.0 Å². The number of nitrogens with one attached hydrogen (secondary N) is 1. The largest absolute Gasteiger partial charge is 0.325 e. The van der Waals surface area contributed by atoms with E-state index >= 15 is 0 Å². The zero-order valence-electron chi connectivity index (χ0n) is 20.1. The second-order valence-electron chi connectivity index (χ2n) is 9.91. The quantitative estimate of drug-likeness (QED) is 0.560. The second-order valence-corrected chi connectivity index (χ2v) is 9.91. The highest BCUT2D eigenvalue weighted by Crippen LogP contribution is 2.37. The number of rotatable bonds is 10. The highest BCUT2D eigenvalue weighted by Gasteiger charge is 2.55. The van der Waals surface area contributed by atoms with E-state index < -0.39 is 5.54 Å². The van der Waals surface area contributed by atoms with E-state index in [9.17, 15) is 14.0 Å². The minimum Gasteiger partial charge on any atom is -0.322 e. The van der Waals surface area contributed by atoms with E-state index in [0.29, 0.717) is 18.9 Å². The Balaban J connectivity index is 1.79. The zero-order chi connectivity index (χ0) is 23.3. The molecule has 2 aliphatic rings. The van der Waals surface area contributed by atoms with Gasteiger partial charge >= 0.3 is 6.03 Å². The van der Waals surface area contributed by atoms with Gasteiger partial charge in [-0.15, -0.1) is 0 Å². The van der Waals surface area contributed by atoms with Crippen LogP contribution < -0.4 is 5.32 Å². The monoisotopic (exact) mass is 446 g/mol. The van der Waals surface area contributed by atoms with Gasteiger partial charge in [-0.2, -0.15) is 0 Å². The lowest BCUT2D eigenvalue weighted by molar-refractivity contribution is -0.134. The molecule has 2 atom stereocenters. The molecule has 32 heavy (non-hydrogen) atoms. The van der Waals surface area contributed by atoms with Gasteiger partial charge < -0.3 is 15.1 Å². The molecule has 2 aliphatic heterocycles. The summed E-state index contributed by atoms with van der Waals surface area (Å²) in [6, 6.07) is 6.01. The Morgan fingerprint density at radius 3 is 2.44 bits per heavy atom. The molecule has 3 rings (SSSR count). The molecule has 1 aromatic carbocycles. The first-order valence-corrected chi connectivity index (χ1v) is 12.0. The highest BCUT2D eigenvalue weighted by molar-refractivity contribution is 6.07. The van der Waals surface area contributed by atoms with Crippen molar-refractivity contribution in [3.05, 3.63) is 35.6 Å². The van der Waals surface area contributed by atoms with E-state index in [1.54, 1.807) is 12.1 Å². The van der Waals surface area contributed by atoms with Crippen LogP contribution in [0.15, 0.2) is 24.3 Å². The third-order valence-corrected chi connectivity index (χ3v) is 7.14. The lowest BCUT2D eigenvalue weighted by atomic mass is 9.73. The summed E-state index contributed by atoms with van der Waals surface area (Å²) in [5.41, 5.74) is -0.0765. The molecular formula is C25H39FN4O2. The van der Waals surface area contributed by atoms with Gasteiger partial charge in [-0.3, -0.25) is 9.69 Å². The maximum atomic E-state index is 13.7. The number of imide groups is 1. The molecule has 178 valence electrons. The van der Waals surface area contributed by atoms with Crippen LogP contribution in [0.1, 0.15) is 45.1 Å². The molecule has 0 spiro atoms. The molecule has 6 nitrogen and oxygen atoms in total. The fourth-order valence-corrected chi connectivity index (χ4v) is 5.04. The number of halogens is 1. The summed E-state index contributed by atoms with van der Waals surface area (Å²) in [7, 11) is 3.97. The first kappa shape index (κ1) is 24.6. The topological polar surface area (TPSA) is 55.9 Å². The molecule has 0 aromatic heterocycles. The van der Waals surface area contributed by atoms with Gasteiger partial charge in [-0.1, -0.05) is 32.4 Å². The lowest BCUT2D eigenvalue weighted by Crippen LogP contribution is -2.57. The molecule has 2 fully saturated rings. The number of benzene rings is 1. The minimum absolute atomic E-state index is 0.0658. The van der Waals surface area contributed by atoms with Crippen LogP contribution >= 0.6 is 0 Å². The Morgan fingerprint density at radius 1 is 1.19 bits per heavy atom. The molecule has 0 aliphatic carbocycles. The van der Waals surface area contributed by atoms with Gasteiger partial charge in [0.1, 0.15) is 11.4 Å². The van der Waals surface area contributed by atoms with Crippen molar-refractivity contribution in [2.45, 2.75) is 51.5 Å². The van der Waals surface area contributed by atoms with Gasteiger partial charge in [-0.25, -0.2) is 9.18 Å². The van der Waals surface area contributed by atoms with Gasteiger partial charge in [0.15, 0.2) is 0 Å². The molecule has 3 amide bonds. The van der Waals surface area contributed by atoms with Crippen LogP contribution in [-0.4, -0.2) is 79.0 Å². The molecule has 0 bridgehead atoms. The Morgan fingerprint density at radius 2 is 1.84 bits per heavy atom. The fraction of sp³-hybridized carbons (Fsp3) is 0.680. The van der Waals surface area contributed by atoms with Crippen molar-refractivity contribution in [2.24, 2.45) is 11.8 Å². The molecular weight excluding hydrogens is 407 g/mol.